The van der Waals surface area contributed by atoms with Crippen LogP contribution in [0.3, 0.4) is 0 Å². The van der Waals surface area contributed by atoms with Gasteiger partial charge in [-0.2, -0.15) is 9.67 Å². The molecule has 0 unspecified atom stereocenters. The molecule has 3 N–H and O–H groups in total. The molecule has 1 aromatic carbocycles. The van der Waals surface area contributed by atoms with Gasteiger partial charge in [-0.3, -0.25) is 0 Å². The third kappa shape index (κ3) is 3.00. The molecule has 0 fully saturated rings. The van der Waals surface area contributed by atoms with Crippen molar-refractivity contribution in [2.75, 3.05) is 25.3 Å². The molecule has 118 valence electrons. The van der Waals surface area contributed by atoms with Gasteiger partial charge in [0.15, 0.2) is 5.82 Å². The lowest BCUT2D eigenvalue weighted by Gasteiger charge is -2.10. The summed E-state index contributed by atoms with van der Waals surface area (Å²) in [5.74, 6) is 2.47. The van der Waals surface area contributed by atoms with Crippen LogP contribution in [0.1, 0.15) is 0 Å². The minimum Gasteiger partial charge on any atom is -0.497 e. The maximum absolute atomic E-state index is 5.91. The highest BCUT2D eigenvalue weighted by Gasteiger charge is 2.12. The number of nitrogens with zero attached hydrogens (tertiary/aromatic N) is 4. The molecule has 2 aromatic heterocycles. The van der Waals surface area contributed by atoms with Gasteiger partial charge in [0.2, 0.25) is 11.9 Å². The summed E-state index contributed by atoms with van der Waals surface area (Å²) in [6, 6.07) is 10.8. The Bertz CT molecular complexity index is 803. The van der Waals surface area contributed by atoms with Gasteiger partial charge in [0.05, 0.1) is 19.9 Å². The lowest BCUT2D eigenvalue weighted by atomic mass is 10.2. The zero-order valence-corrected chi connectivity index (χ0v) is 12.7. The smallest absolute Gasteiger partial charge is 0.249 e. The molecule has 3 rings (SSSR count). The minimum absolute atomic E-state index is 0.230. The van der Waals surface area contributed by atoms with Gasteiger partial charge in [0.25, 0.3) is 0 Å². The maximum atomic E-state index is 5.91. The van der Waals surface area contributed by atoms with E-state index in [-0.39, 0.29) is 5.95 Å². The maximum Gasteiger partial charge on any atom is 0.249 e. The molecule has 0 atom stereocenters. The normalized spacial score (nSPS) is 10.3. The summed E-state index contributed by atoms with van der Waals surface area (Å²) in [6.07, 6.45) is 1.66. The number of nitrogens with two attached hydrogens (primary N) is 1. The summed E-state index contributed by atoms with van der Waals surface area (Å²) < 4.78 is 12.0. The average Bonchev–Trinajstić information content (AvgIpc) is 2.96. The Balaban J connectivity index is 1.93. The number of ether oxygens (including phenoxy) is 2. The van der Waals surface area contributed by atoms with Gasteiger partial charge < -0.3 is 20.5 Å². The largest absolute Gasteiger partial charge is 0.497 e. The number of hydrogen-bond acceptors (Lipinski definition) is 7. The van der Waals surface area contributed by atoms with Crippen LogP contribution in [0, 0.1) is 0 Å². The Morgan fingerprint density at radius 3 is 2.70 bits per heavy atom. The summed E-state index contributed by atoms with van der Waals surface area (Å²) in [5, 5.41) is 7.39. The number of methoxy groups -OCH3 is 2. The summed E-state index contributed by atoms with van der Waals surface area (Å²) >= 11 is 0. The predicted molar refractivity (Wildman–Crippen MR) is 86.4 cm³/mol. The van der Waals surface area contributed by atoms with Gasteiger partial charge in [-0.1, -0.05) is 6.07 Å². The quantitative estimate of drug-likeness (QED) is 0.743. The monoisotopic (exact) mass is 312 g/mol. The Labute approximate surface area is 132 Å². The number of hydrogen-bond donors (Lipinski definition) is 2. The summed E-state index contributed by atoms with van der Waals surface area (Å²) in [7, 11) is 3.18. The molecule has 0 amide bonds. The molecule has 0 saturated heterocycles. The van der Waals surface area contributed by atoms with E-state index in [2.05, 4.69) is 20.4 Å². The third-order valence-corrected chi connectivity index (χ3v) is 3.15. The number of aromatic nitrogens is 4. The lowest BCUT2D eigenvalue weighted by Crippen LogP contribution is -2.04. The van der Waals surface area contributed by atoms with Gasteiger partial charge in [-0.25, -0.2) is 4.98 Å². The fourth-order valence-electron chi connectivity index (χ4n) is 2.06. The van der Waals surface area contributed by atoms with Crippen LogP contribution >= 0.6 is 0 Å². The molecule has 0 aliphatic carbocycles. The average molecular weight is 312 g/mol. The fourth-order valence-corrected chi connectivity index (χ4v) is 2.06. The standard InChI is InChI=1S/C15H16N6O2/c1-22-10-6-7-12(23-2)11(9-10)18-15-19-14(16)21(20-15)13-5-3-4-8-17-13/h3-9H,1-2H3,(H3,16,18,19,20). The molecule has 8 heteroatoms. The lowest BCUT2D eigenvalue weighted by molar-refractivity contribution is 0.405. The molecule has 0 saturated carbocycles. The number of benzene rings is 1. The first-order valence-electron chi connectivity index (χ1n) is 6.84. The molecule has 0 spiro atoms. The van der Waals surface area contributed by atoms with E-state index < -0.39 is 0 Å². The van der Waals surface area contributed by atoms with Crippen molar-refractivity contribution < 1.29 is 9.47 Å². The van der Waals surface area contributed by atoms with E-state index in [4.69, 9.17) is 15.2 Å². The van der Waals surface area contributed by atoms with Crippen LogP contribution in [0.2, 0.25) is 0 Å². The van der Waals surface area contributed by atoms with Crippen LogP contribution in [-0.4, -0.2) is 34.0 Å². The van der Waals surface area contributed by atoms with E-state index in [1.165, 1.54) is 4.68 Å². The summed E-state index contributed by atoms with van der Waals surface area (Å²) in [6.45, 7) is 0. The Morgan fingerprint density at radius 2 is 2.00 bits per heavy atom. The third-order valence-electron chi connectivity index (χ3n) is 3.15. The zero-order valence-electron chi connectivity index (χ0n) is 12.7. The second kappa shape index (κ2) is 6.22. The van der Waals surface area contributed by atoms with Crippen LogP contribution in [0.4, 0.5) is 17.6 Å². The molecule has 0 aliphatic rings. The van der Waals surface area contributed by atoms with Gasteiger partial charge in [0, 0.05) is 12.3 Å². The first-order chi connectivity index (χ1) is 11.2. The van der Waals surface area contributed by atoms with Crippen molar-refractivity contribution in [3.05, 3.63) is 42.6 Å². The van der Waals surface area contributed by atoms with Crippen LogP contribution in [0.5, 0.6) is 11.5 Å². The molecule has 0 radical (unpaired) electrons. The second-order valence-electron chi connectivity index (χ2n) is 4.58. The van der Waals surface area contributed by atoms with Crippen LogP contribution in [0.15, 0.2) is 42.6 Å². The van der Waals surface area contributed by atoms with Gasteiger partial charge >= 0.3 is 0 Å². The summed E-state index contributed by atoms with van der Waals surface area (Å²) in [5.41, 5.74) is 6.58. The van der Waals surface area contributed by atoms with Crippen molar-refractivity contribution in [1.82, 2.24) is 19.7 Å². The Morgan fingerprint density at radius 1 is 1.13 bits per heavy atom. The van der Waals surface area contributed by atoms with Gasteiger partial charge in [-0.15, -0.1) is 5.10 Å². The highest BCUT2D eigenvalue weighted by molar-refractivity contribution is 5.65. The molecule has 23 heavy (non-hydrogen) atoms. The molecule has 0 bridgehead atoms. The first-order valence-corrected chi connectivity index (χ1v) is 6.84. The molecule has 3 aromatic rings. The fraction of sp³-hybridized carbons (Fsp3) is 0.133. The topological polar surface area (TPSA) is 100 Å². The van der Waals surface area contributed by atoms with E-state index in [1.54, 1.807) is 44.7 Å². The zero-order chi connectivity index (χ0) is 16.2. The van der Waals surface area contributed by atoms with Crippen molar-refractivity contribution in [3.8, 4) is 17.3 Å². The van der Waals surface area contributed by atoms with Crippen molar-refractivity contribution in [3.63, 3.8) is 0 Å². The molecule has 8 nitrogen and oxygen atoms in total. The van der Waals surface area contributed by atoms with E-state index >= 15 is 0 Å². The highest BCUT2D eigenvalue weighted by Crippen LogP contribution is 2.30. The van der Waals surface area contributed by atoms with Crippen molar-refractivity contribution in [1.29, 1.82) is 0 Å². The first kappa shape index (κ1) is 14.6. The number of anilines is 3. The summed E-state index contributed by atoms with van der Waals surface area (Å²) in [4.78, 5) is 8.39. The van der Waals surface area contributed by atoms with Gasteiger partial charge in [-0.05, 0) is 24.3 Å². The van der Waals surface area contributed by atoms with E-state index in [0.29, 0.717) is 29.0 Å². The minimum atomic E-state index is 0.230. The SMILES string of the molecule is COc1ccc(OC)c(Nc2nc(N)n(-c3ccccn3)n2)c1. The molecule has 2 heterocycles. The highest BCUT2D eigenvalue weighted by atomic mass is 16.5. The van der Waals surface area contributed by atoms with Gasteiger partial charge in [0.1, 0.15) is 11.5 Å². The van der Waals surface area contributed by atoms with Crippen LogP contribution in [0.25, 0.3) is 5.82 Å². The second-order valence-corrected chi connectivity index (χ2v) is 4.58. The predicted octanol–water partition coefficient (Wildman–Crippen LogP) is 2.01. The van der Waals surface area contributed by atoms with E-state index in [0.717, 1.165) is 0 Å². The van der Waals surface area contributed by atoms with E-state index in [1.807, 2.05) is 12.1 Å². The number of nitrogens with one attached hydrogen (secondary N) is 1. The number of nitrogen functional groups attached to an aromatic ring is 1. The molecule has 0 aliphatic heterocycles. The van der Waals surface area contributed by atoms with Crippen LogP contribution in [-0.2, 0) is 0 Å². The molecular weight excluding hydrogens is 296 g/mol. The van der Waals surface area contributed by atoms with Crippen molar-refractivity contribution in [2.24, 2.45) is 0 Å². The van der Waals surface area contributed by atoms with Crippen molar-refractivity contribution >= 4 is 17.6 Å². The van der Waals surface area contributed by atoms with E-state index in [9.17, 15) is 0 Å². The Hall–Kier alpha value is -3.29. The van der Waals surface area contributed by atoms with Crippen LogP contribution < -0.4 is 20.5 Å². The number of pyridine rings is 1. The Kier molecular flexibility index (Phi) is 3.96. The molecular formula is C15H16N6O2. The number of rotatable bonds is 5. The van der Waals surface area contributed by atoms with Crippen molar-refractivity contribution in [2.45, 2.75) is 0 Å².